The number of aliphatic hydroxyl groups excluding tert-OH is 1. The van der Waals surface area contributed by atoms with E-state index in [0.29, 0.717) is 13.0 Å². The predicted octanol–water partition coefficient (Wildman–Crippen LogP) is -0.0186. The average Bonchev–Trinajstić information content (AvgIpc) is 2.85. The summed E-state index contributed by atoms with van der Waals surface area (Å²) in [5.74, 6) is 0. The predicted molar refractivity (Wildman–Crippen MR) is 58.6 cm³/mol. The smallest absolute Gasteiger partial charge is 0.277 e. The molecule has 0 aromatic carbocycles. The van der Waals surface area contributed by atoms with Crippen molar-refractivity contribution in [1.82, 2.24) is 9.44 Å². The summed E-state index contributed by atoms with van der Waals surface area (Å²) in [6, 6.07) is 0.128. The molecule has 1 fully saturated rings. The molecule has 0 heterocycles. The molecule has 0 spiro atoms. The lowest BCUT2D eigenvalue weighted by Gasteiger charge is -2.23. The van der Waals surface area contributed by atoms with Gasteiger partial charge in [0.15, 0.2) is 0 Å². The third-order valence-electron chi connectivity index (χ3n) is 2.43. The van der Waals surface area contributed by atoms with Crippen molar-refractivity contribution in [2.75, 3.05) is 13.2 Å². The Hall–Kier alpha value is -0.170. The Morgan fingerprint density at radius 2 is 2.00 bits per heavy atom. The van der Waals surface area contributed by atoms with E-state index in [1.807, 2.05) is 13.8 Å². The van der Waals surface area contributed by atoms with Gasteiger partial charge in [0.1, 0.15) is 0 Å². The molecule has 0 aromatic rings. The maximum absolute atomic E-state index is 11.4. The zero-order valence-electron chi connectivity index (χ0n) is 9.28. The molecule has 90 valence electrons. The fraction of sp³-hybridized carbons (Fsp3) is 1.00. The van der Waals surface area contributed by atoms with Crippen molar-refractivity contribution in [1.29, 1.82) is 0 Å². The quantitative estimate of drug-likeness (QED) is 0.581. The topological polar surface area (TPSA) is 78.4 Å². The lowest BCUT2D eigenvalue weighted by Crippen LogP contribution is -2.42. The first-order chi connectivity index (χ1) is 6.85. The molecule has 1 saturated carbocycles. The van der Waals surface area contributed by atoms with Crippen LogP contribution in [0.2, 0.25) is 0 Å². The van der Waals surface area contributed by atoms with Gasteiger partial charge in [0.05, 0.1) is 0 Å². The molecular weight excluding hydrogens is 216 g/mol. The molecule has 0 bridgehead atoms. The summed E-state index contributed by atoms with van der Waals surface area (Å²) >= 11 is 0. The monoisotopic (exact) mass is 236 g/mol. The van der Waals surface area contributed by atoms with E-state index in [0.717, 1.165) is 12.8 Å². The van der Waals surface area contributed by atoms with Gasteiger partial charge in [-0.05, 0) is 24.7 Å². The fourth-order valence-electron chi connectivity index (χ4n) is 1.14. The average molecular weight is 236 g/mol. The van der Waals surface area contributed by atoms with Gasteiger partial charge in [-0.3, -0.25) is 0 Å². The molecule has 1 aliphatic rings. The van der Waals surface area contributed by atoms with Crippen LogP contribution in [0.25, 0.3) is 0 Å². The minimum atomic E-state index is -3.35. The van der Waals surface area contributed by atoms with Crippen molar-refractivity contribution in [2.24, 2.45) is 5.41 Å². The van der Waals surface area contributed by atoms with Gasteiger partial charge in [0.2, 0.25) is 0 Å². The Morgan fingerprint density at radius 1 is 1.40 bits per heavy atom. The van der Waals surface area contributed by atoms with Crippen molar-refractivity contribution in [2.45, 2.75) is 39.2 Å². The largest absolute Gasteiger partial charge is 0.396 e. The summed E-state index contributed by atoms with van der Waals surface area (Å²) in [6.45, 7) is 4.26. The number of rotatable bonds is 7. The molecule has 0 unspecified atom stereocenters. The maximum Gasteiger partial charge on any atom is 0.277 e. The van der Waals surface area contributed by atoms with Crippen LogP contribution in [0, 0.1) is 5.41 Å². The standard InChI is InChI=1S/C9H20N2O3S/c1-9(2,5-6-12)7-10-15(13,14)11-8-3-4-8/h8,10-12H,3-7H2,1-2H3. The first-order valence-electron chi connectivity index (χ1n) is 5.22. The second-order valence-corrected chi connectivity index (χ2v) is 6.39. The molecule has 1 aliphatic carbocycles. The minimum Gasteiger partial charge on any atom is -0.396 e. The Kier molecular flexibility index (Phi) is 4.11. The molecule has 1 rings (SSSR count). The lowest BCUT2D eigenvalue weighted by molar-refractivity contribution is 0.213. The van der Waals surface area contributed by atoms with E-state index in [4.69, 9.17) is 5.11 Å². The highest BCUT2D eigenvalue weighted by Crippen LogP contribution is 2.20. The van der Waals surface area contributed by atoms with E-state index in [9.17, 15) is 8.42 Å². The lowest BCUT2D eigenvalue weighted by atomic mass is 9.90. The summed E-state index contributed by atoms with van der Waals surface area (Å²) in [5.41, 5.74) is -0.215. The van der Waals surface area contributed by atoms with Crippen LogP contribution >= 0.6 is 0 Å². The number of nitrogens with one attached hydrogen (secondary N) is 2. The van der Waals surface area contributed by atoms with Gasteiger partial charge in [0, 0.05) is 19.2 Å². The Bertz CT molecular complexity index is 296. The van der Waals surface area contributed by atoms with Crippen molar-refractivity contribution >= 4 is 10.2 Å². The molecular formula is C9H20N2O3S. The van der Waals surface area contributed by atoms with Crippen LogP contribution in [0.15, 0.2) is 0 Å². The van der Waals surface area contributed by atoms with Gasteiger partial charge in [-0.1, -0.05) is 13.8 Å². The Labute approximate surface area is 91.4 Å². The summed E-state index contributed by atoms with van der Waals surface area (Å²) in [4.78, 5) is 0. The van der Waals surface area contributed by atoms with Gasteiger partial charge in [-0.15, -0.1) is 0 Å². The van der Waals surface area contributed by atoms with E-state index in [-0.39, 0.29) is 18.1 Å². The van der Waals surface area contributed by atoms with E-state index in [2.05, 4.69) is 9.44 Å². The summed E-state index contributed by atoms with van der Waals surface area (Å²) < 4.78 is 27.9. The fourth-order valence-corrected chi connectivity index (χ4v) is 2.48. The highest BCUT2D eigenvalue weighted by Gasteiger charge is 2.28. The van der Waals surface area contributed by atoms with E-state index in [1.165, 1.54) is 0 Å². The first-order valence-corrected chi connectivity index (χ1v) is 6.71. The van der Waals surface area contributed by atoms with Gasteiger partial charge < -0.3 is 5.11 Å². The molecule has 0 amide bonds. The van der Waals surface area contributed by atoms with Crippen molar-refractivity contribution in [3.63, 3.8) is 0 Å². The molecule has 5 nitrogen and oxygen atoms in total. The summed E-state index contributed by atoms with van der Waals surface area (Å²) in [5, 5.41) is 8.79. The van der Waals surface area contributed by atoms with Crippen LogP contribution in [-0.2, 0) is 10.2 Å². The third-order valence-corrected chi connectivity index (χ3v) is 3.60. The Morgan fingerprint density at radius 3 is 2.47 bits per heavy atom. The van der Waals surface area contributed by atoms with Crippen molar-refractivity contribution in [3.8, 4) is 0 Å². The van der Waals surface area contributed by atoms with Gasteiger partial charge >= 0.3 is 0 Å². The van der Waals surface area contributed by atoms with Crippen LogP contribution in [-0.4, -0.2) is 32.7 Å². The molecule has 3 N–H and O–H groups in total. The normalized spacial score (nSPS) is 18.1. The third kappa shape index (κ3) is 5.46. The van der Waals surface area contributed by atoms with Crippen LogP contribution in [0.1, 0.15) is 33.1 Å². The van der Waals surface area contributed by atoms with Crippen LogP contribution in [0.5, 0.6) is 0 Å². The molecule has 0 aliphatic heterocycles. The molecule has 6 heteroatoms. The first kappa shape index (κ1) is 12.9. The van der Waals surface area contributed by atoms with Gasteiger partial charge in [0.25, 0.3) is 10.2 Å². The van der Waals surface area contributed by atoms with E-state index in [1.54, 1.807) is 0 Å². The second-order valence-electron chi connectivity index (χ2n) is 4.85. The Balaban J connectivity index is 2.33. The molecule has 0 aromatic heterocycles. The number of aliphatic hydroxyl groups is 1. The highest BCUT2D eigenvalue weighted by atomic mass is 32.2. The number of hydrogen-bond donors (Lipinski definition) is 3. The molecule has 0 radical (unpaired) electrons. The van der Waals surface area contributed by atoms with Crippen LogP contribution in [0.4, 0.5) is 0 Å². The minimum absolute atomic E-state index is 0.0742. The molecule has 0 atom stereocenters. The van der Waals surface area contributed by atoms with Crippen LogP contribution in [0.3, 0.4) is 0 Å². The zero-order valence-corrected chi connectivity index (χ0v) is 10.1. The highest BCUT2D eigenvalue weighted by molar-refractivity contribution is 7.87. The zero-order chi connectivity index (χ0) is 11.5. The van der Waals surface area contributed by atoms with Crippen LogP contribution < -0.4 is 9.44 Å². The van der Waals surface area contributed by atoms with Crippen molar-refractivity contribution in [3.05, 3.63) is 0 Å². The van der Waals surface area contributed by atoms with E-state index >= 15 is 0 Å². The van der Waals surface area contributed by atoms with Crippen molar-refractivity contribution < 1.29 is 13.5 Å². The SMILES string of the molecule is CC(C)(CCO)CNS(=O)(=O)NC1CC1. The maximum atomic E-state index is 11.4. The number of hydrogen-bond acceptors (Lipinski definition) is 3. The van der Waals surface area contributed by atoms with Gasteiger partial charge in [-0.2, -0.15) is 13.1 Å². The van der Waals surface area contributed by atoms with Gasteiger partial charge in [-0.25, -0.2) is 4.72 Å². The molecule has 0 saturated heterocycles. The molecule has 15 heavy (non-hydrogen) atoms. The van der Waals surface area contributed by atoms with E-state index < -0.39 is 10.2 Å². The summed E-state index contributed by atoms with van der Waals surface area (Å²) in [7, 11) is -3.35. The second kappa shape index (κ2) is 4.78. The summed E-state index contributed by atoms with van der Waals surface area (Å²) in [6.07, 6.45) is 2.45.